The van der Waals surface area contributed by atoms with E-state index in [1.165, 1.54) is 0 Å². The van der Waals surface area contributed by atoms with E-state index in [1.807, 2.05) is 0 Å². The molecule has 1 heterocycles. The molecule has 0 aliphatic rings. The Hall–Kier alpha value is -1.55. The number of fused-ring (bicyclic) bond motifs is 1. The van der Waals surface area contributed by atoms with Gasteiger partial charge < -0.3 is 5.11 Å². The van der Waals surface area contributed by atoms with Gasteiger partial charge in [0, 0.05) is 10.4 Å². The van der Waals surface area contributed by atoms with Crippen molar-refractivity contribution in [3.05, 3.63) is 28.9 Å². The fourth-order valence-electron chi connectivity index (χ4n) is 1.33. The number of aliphatic carboxylic acids is 1. The van der Waals surface area contributed by atoms with Crippen LogP contribution in [0.15, 0.2) is 18.2 Å². The zero-order valence-corrected chi connectivity index (χ0v) is 7.88. The fraction of sp³-hybridized carbons (Fsp3) is 0.111. The van der Waals surface area contributed by atoms with Crippen molar-refractivity contribution >= 4 is 28.5 Å². The summed E-state index contributed by atoms with van der Waals surface area (Å²) in [5.41, 5.74) is 1.29. The topological polar surface area (TPSA) is 66.0 Å². The lowest BCUT2D eigenvalue weighted by Gasteiger charge is -1.92. The molecule has 0 bridgehead atoms. The minimum atomic E-state index is -0.895. The van der Waals surface area contributed by atoms with Crippen LogP contribution in [-0.2, 0) is 11.2 Å². The van der Waals surface area contributed by atoms with Gasteiger partial charge in [0.05, 0.1) is 17.6 Å². The number of aromatic nitrogens is 2. The highest BCUT2D eigenvalue weighted by Crippen LogP contribution is 2.20. The molecular weight excluding hydrogens is 204 g/mol. The molecule has 0 radical (unpaired) electrons. The summed E-state index contributed by atoms with van der Waals surface area (Å²) in [4.78, 5) is 10.5. The first-order chi connectivity index (χ1) is 6.66. The number of rotatable bonds is 2. The van der Waals surface area contributed by atoms with Crippen LogP contribution in [-0.4, -0.2) is 21.3 Å². The average molecular weight is 211 g/mol. The lowest BCUT2D eigenvalue weighted by atomic mass is 10.2. The van der Waals surface area contributed by atoms with E-state index in [-0.39, 0.29) is 6.42 Å². The molecule has 2 N–H and O–H groups in total. The first-order valence-corrected chi connectivity index (χ1v) is 4.39. The van der Waals surface area contributed by atoms with Gasteiger partial charge in [-0.3, -0.25) is 9.89 Å². The van der Waals surface area contributed by atoms with Gasteiger partial charge >= 0.3 is 5.97 Å². The van der Waals surface area contributed by atoms with Crippen LogP contribution in [0.2, 0.25) is 5.02 Å². The molecule has 0 aliphatic heterocycles. The van der Waals surface area contributed by atoms with Crippen molar-refractivity contribution in [3.63, 3.8) is 0 Å². The van der Waals surface area contributed by atoms with Crippen LogP contribution in [0.25, 0.3) is 10.9 Å². The highest BCUT2D eigenvalue weighted by molar-refractivity contribution is 6.31. The Morgan fingerprint density at radius 2 is 2.36 bits per heavy atom. The number of hydrogen-bond acceptors (Lipinski definition) is 2. The predicted octanol–water partition coefficient (Wildman–Crippen LogP) is 1.84. The maximum absolute atomic E-state index is 10.5. The Morgan fingerprint density at radius 3 is 3.07 bits per heavy atom. The lowest BCUT2D eigenvalue weighted by Crippen LogP contribution is -2.00. The molecule has 0 saturated carbocycles. The molecule has 5 heteroatoms. The van der Waals surface area contributed by atoms with Crippen LogP contribution in [0.4, 0.5) is 0 Å². The summed E-state index contributed by atoms with van der Waals surface area (Å²) in [5.74, 6) is -0.895. The molecule has 0 fully saturated rings. The number of nitrogens with zero attached hydrogens (tertiary/aromatic N) is 1. The monoisotopic (exact) mass is 210 g/mol. The van der Waals surface area contributed by atoms with E-state index in [0.29, 0.717) is 10.7 Å². The summed E-state index contributed by atoms with van der Waals surface area (Å²) in [6, 6.07) is 5.19. The third kappa shape index (κ3) is 1.56. The third-order valence-electron chi connectivity index (χ3n) is 1.92. The van der Waals surface area contributed by atoms with Gasteiger partial charge in [-0.2, -0.15) is 5.10 Å². The number of H-pyrrole nitrogens is 1. The number of halogens is 1. The molecule has 0 unspecified atom stereocenters. The molecule has 72 valence electrons. The Balaban J connectivity index is 2.52. The molecule has 0 amide bonds. The lowest BCUT2D eigenvalue weighted by molar-refractivity contribution is -0.136. The molecule has 14 heavy (non-hydrogen) atoms. The van der Waals surface area contributed by atoms with Gasteiger partial charge in [-0.15, -0.1) is 0 Å². The van der Waals surface area contributed by atoms with Crippen molar-refractivity contribution in [1.29, 1.82) is 0 Å². The quantitative estimate of drug-likeness (QED) is 0.795. The van der Waals surface area contributed by atoms with Gasteiger partial charge in [0.15, 0.2) is 0 Å². The van der Waals surface area contributed by atoms with E-state index in [2.05, 4.69) is 10.2 Å². The van der Waals surface area contributed by atoms with Gasteiger partial charge in [-0.1, -0.05) is 11.6 Å². The summed E-state index contributed by atoms with van der Waals surface area (Å²) in [5, 5.41) is 16.7. The number of carboxylic acids is 1. The first kappa shape index (κ1) is 9.02. The molecule has 1 aromatic heterocycles. The third-order valence-corrected chi connectivity index (χ3v) is 2.16. The van der Waals surface area contributed by atoms with Gasteiger partial charge in [-0.25, -0.2) is 0 Å². The number of carbonyl (C=O) groups is 1. The van der Waals surface area contributed by atoms with Crippen LogP contribution in [0, 0.1) is 0 Å². The van der Waals surface area contributed by atoms with Gasteiger partial charge in [0.1, 0.15) is 0 Å². The minimum Gasteiger partial charge on any atom is -0.481 e. The summed E-state index contributed by atoms with van der Waals surface area (Å²) >= 11 is 5.77. The largest absolute Gasteiger partial charge is 0.481 e. The van der Waals surface area contributed by atoms with Crippen LogP contribution >= 0.6 is 11.6 Å². The number of carboxylic acid groups (broad SMARTS) is 1. The Labute approximate surface area is 84.5 Å². The van der Waals surface area contributed by atoms with E-state index in [1.54, 1.807) is 18.2 Å². The minimum absolute atomic E-state index is 0.0817. The smallest absolute Gasteiger partial charge is 0.309 e. The maximum atomic E-state index is 10.5. The Kier molecular flexibility index (Phi) is 2.13. The van der Waals surface area contributed by atoms with E-state index >= 15 is 0 Å². The second kappa shape index (κ2) is 3.31. The molecule has 1 aromatic carbocycles. The molecule has 2 aromatic rings. The van der Waals surface area contributed by atoms with E-state index in [9.17, 15) is 4.79 Å². The fourth-order valence-corrected chi connectivity index (χ4v) is 1.50. The number of benzene rings is 1. The van der Waals surface area contributed by atoms with Crippen LogP contribution < -0.4 is 0 Å². The number of hydrogen-bond donors (Lipinski definition) is 2. The molecule has 0 saturated heterocycles. The molecule has 0 spiro atoms. The maximum Gasteiger partial charge on any atom is 0.309 e. The summed E-state index contributed by atoms with van der Waals surface area (Å²) < 4.78 is 0. The van der Waals surface area contributed by atoms with Gasteiger partial charge in [-0.05, 0) is 18.2 Å². The second-order valence-corrected chi connectivity index (χ2v) is 3.37. The zero-order chi connectivity index (χ0) is 10.1. The number of aromatic amines is 1. The average Bonchev–Trinajstić information content (AvgIpc) is 2.47. The molecule has 0 atom stereocenters. The predicted molar refractivity (Wildman–Crippen MR) is 52.4 cm³/mol. The van der Waals surface area contributed by atoms with Crippen molar-refractivity contribution in [1.82, 2.24) is 10.2 Å². The van der Waals surface area contributed by atoms with E-state index in [0.717, 1.165) is 10.9 Å². The SMILES string of the molecule is O=C(O)Cc1n[nH]c2cc(Cl)ccc12. The van der Waals surface area contributed by atoms with Crippen LogP contribution in [0.3, 0.4) is 0 Å². The van der Waals surface area contributed by atoms with E-state index in [4.69, 9.17) is 16.7 Å². The van der Waals surface area contributed by atoms with Crippen molar-refractivity contribution in [2.45, 2.75) is 6.42 Å². The molecule has 2 rings (SSSR count). The summed E-state index contributed by atoms with van der Waals surface area (Å²) in [7, 11) is 0. The van der Waals surface area contributed by atoms with Crippen molar-refractivity contribution < 1.29 is 9.90 Å². The second-order valence-electron chi connectivity index (χ2n) is 2.93. The molecular formula is C9H7ClN2O2. The van der Waals surface area contributed by atoms with Crippen molar-refractivity contribution in [2.24, 2.45) is 0 Å². The van der Waals surface area contributed by atoms with Crippen LogP contribution in [0.1, 0.15) is 5.69 Å². The van der Waals surface area contributed by atoms with E-state index < -0.39 is 5.97 Å². The Morgan fingerprint density at radius 1 is 1.57 bits per heavy atom. The zero-order valence-electron chi connectivity index (χ0n) is 7.12. The first-order valence-electron chi connectivity index (χ1n) is 4.01. The van der Waals surface area contributed by atoms with Crippen LogP contribution in [0.5, 0.6) is 0 Å². The normalized spacial score (nSPS) is 10.6. The van der Waals surface area contributed by atoms with Gasteiger partial charge in [0.2, 0.25) is 0 Å². The standard InChI is InChI=1S/C9H7ClN2O2/c10-5-1-2-6-7(3-5)11-12-8(6)4-9(13)14/h1-3H,4H2,(H,11,12)(H,13,14). The number of nitrogens with one attached hydrogen (secondary N) is 1. The highest BCUT2D eigenvalue weighted by Gasteiger charge is 2.08. The Bertz CT molecular complexity index is 493. The highest BCUT2D eigenvalue weighted by atomic mass is 35.5. The van der Waals surface area contributed by atoms with Gasteiger partial charge in [0.25, 0.3) is 0 Å². The summed E-state index contributed by atoms with van der Waals surface area (Å²) in [6.45, 7) is 0. The van der Waals surface area contributed by atoms with Crippen molar-refractivity contribution in [2.75, 3.05) is 0 Å². The molecule has 0 aliphatic carbocycles. The summed E-state index contributed by atoms with van der Waals surface area (Å²) in [6.07, 6.45) is -0.0817. The van der Waals surface area contributed by atoms with Crippen molar-refractivity contribution in [3.8, 4) is 0 Å². The molecule has 4 nitrogen and oxygen atoms in total.